The Bertz CT molecular complexity index is 1850. The zero-order valence-electron chi connectivity index (χ0n) is 20.9. The normalized spacial score (nSPS) is 11.9. The maximum Gasteiger partial charge on any atom is 0.0988 e. The molecule has 0 saturated carbocycles. The number of rotatable bonds is 5. The summed E-state index contributed by atoms with van der Waals surface area (Å²) in [5.74, 6) is 0. The van der Waals surface area contributed by atoms with Gasteiger partial charge >= 0.3 is 0 Å². The van der Waals surface area contributed by atoms with Crippen molar-refractivity contribution in [2.24, 2.45) is 5.73 Å². The summed E-state index contributed by atoms with van der Waals surface area (Å²) >= 11 is 0. The van der Waals surface area contributed by atoms with E-state index in [0.717, 1.165) is 5.56 Å². The van der Waals surface area contributed by atoms with Crippen LogP contribution in [-0.4, -0.2) is 0 Å². The maximum absolute atomic E-state index is 9.25. The van der Waals surface area contributed by atoms with Gasteiger partial charge in [-0.2, -0.15) is 5.26 Å². The molecule has 6 aromatic rings. The number of nitrogens with two attached hydrogens (primary N) is 1. The van der Waals surface area contributed by atoms with Crippen LogP contribution in [0.4, 0.5) is 0 Å². The number of hydrogen-bond donors (Lipinski definition) is 1. The fourth-order valence-electron chi connectivity index (χ4n) is 5.42. The minimum Gasteiger partial charge on any atom is -0.405 e. The summed E-state index contributed by atoms with van der Waals surface area (Å²) in [5.41, 5.74) is 12.1. The molecule has 0 fully saturated rings. The average molecular weight is 487 g/mol. The van der Waals surface area contributed by atoms with Gasteiger partial charge in [0.2, 0.25) is 0 Å². The van der Waals surface area contributed by atoms with E-state index >= 15 is 0 Å². The van der Waals surface area contributed by atoms with E-state index in [-0.39, 0.29) is 0 Å². The third-order valence-corrected chi connectivity index (χ3v) is 7.15. The van der Waals surface area contributed by atoms with Gasteiger partial charge in [-0.05, 0) is 84.9 Å². The lowest BCUT2D eigenvalue weighted by Crippen LogP contribution is -1.91. The van der Waals surface area contributed by atoms with E-state index in [0.29, 0.717) is 12.0 Å². The third kappa shape index (κ3) is 4.21. The maximum atomic E-state index is 9.25. The van der Waals surface area contributed by atoms with Crippen LogP contribution in [-0.2, 0) is 6.42 Å². The van der Waals surface area contributed by atoms with Gasteiger partial charge in [0.25, 0.3) is 0 Å². The molecule has 6 aromatic carbocycles. The molecule has 2 heteroatoms. The van der Waals surface area contributed by atoms with E-state index in [4.69, 9.17) is 5.73 Å². The number of nitrogens with zero attached hydrogens (tertiary/aromatic N) is 1. The molecule has 180 valence electrons. The Morgan fingerprint density at radius 2 is 1.18 bits per heavy atom. The predicted octanol–water partition coefficient (Wildman–Crippen LogP) is 8.95. The summed E-state index contributed by atoms with van der Waals surface area (Å²) in [5, 5.41) is 16.7. The highest BCUT2D eigenvalue weighted by Gasteiger charge is 2.16. The molecule has 2 N–H and O–H groups in total. The average Bonchev–Trinajstić information content (AvgIpc) is 2.98. The Balaban J connectivity index is 1.52. The Labute approximate surface area is 222 Å². The highest BCUT2D eigenvalue weighted by atomic mass is 14.5. The van der Waals surface area contributed by atoms with Gasteiger partial charge in [0.05, 0.1) is 6.07 Å². The van der Waals surface area contributed by atoms with E-state index in [1.54, 1.807) is 6.08 Å². The van der Waals surface area contributed by atoms with Crippen molar-refractivity contribution in [3.8, 4) is 28.3 Å². The van der Waals surface area contributed by atoms with Gasteiger partial charge < -0.3 is 5.73 Å². The molecule has 0 heterocycles. The summed E-state index contributed by atoms with van der Waals surface area (Å²) in [4.78, 5) is 0. The lowest BCUT2D eigenvalue weighted by atomic mass is 9.85. The first-order chi connectivity index (χ1) is 18.8. The third-order valence-electron chi connectivity index (χ3n) is 7.15. The van der Waals surface area contributed by atoms with E-state index in [1.165, 1.54) is 60.8 Å². The second-order valence-corrected chi connectivity index (χ2v) is 9.44. The number of nitriles is 1. The Morgan fingerprint density at radius 3 is 1.79 bits per heavy atom. The SMILES string of the molecule is N#CC(/C=C\N)=C/Cc1ccc2cc(-c3c4ccccc4c(-c4ccccc4)c4ccccc34)ccc2c1. The minimum atomic E-state index is 0.570. The highest BCUT2D eigenvalue weighted by molar-refractivity contribution is 6.21. The smallest absolute Gasteiger partial charge is 0.0988 e. The van der Waals surface area contributed by atoms with Crippen molar-refractivity contribution in [2.45, 2.75) is 6.42 Å². The number of allylic oxidation sites excluding steroid dienone is 3. The summed E-state index contributed by atoms with van der Waals surface area (Å²) in [6.07, 6.45) is 5.62. The van der Waals surface area contributed by atoms with Gasteiger partial charge in [-0.1, -0.05) is 115 Å². The van der Waals surface area contributed by atoms with Gasteiger partial charge in [-0.25, -0.2) is 0 Å². The topological polar surface area (TPSA) is 49.8 Å². The van der Waals surface area contributed by atoms with Gasteiger partial charge in [0, 0.05) is 5.57 Å². The number of fused-ring (bicyclic) bond motifs is 3. The first-order valence-corrected chi connectivity index (χ1v) is 12.8. The minimum absolute atomic E-state index is 0.570. The van der Waals surface area contributed by atoms with Crippen molar-refractivity contribution in [3.05, 3.63) is 145 Å². The molecular weight excluding hydrogens is 460 g/mol. The van der Waals surface area contributed by atoms with E-state index in [1.807, 2.05) is 6.08 Å². The number of hydrogen-bond acceptors (Lipinski definition) is 2. The Kier molecular flexibility index (Phi) is 6.18. The molecule has 0 unspecified atom stereocenters. The van der Waals surface area contributed by atoms with Crippen molar-refractivity contribution < 1.29 is 0 Å². The quantitative estimate of drug-likeness (QED) is 0.150. The van der Waals surface area contributed by atoms with Gasteiger partial charge in [-0.3, -0.25) is 0 Å². The molecule has 6 rings (SSSR count). The van der Waals surface area contributed by atoms with Crippen LogP contribution in [0.25, 0.3) is 54.6 Å². The molecule has 0 radical (unpaired) electrons. The van der Waals surface area contributed by atoms with E-state index < -0.39 is 0 Å². The molecular formula is C36H26N2. The molecule has 0 amide bonds. The van der Waals surface area contributed by atoms with E-state index in [9.17, 15) is 5.26 Å². The van der Waals surface area contributed by atoms with E-state index in [2.05, 4.69) is 121 Å². The molecule has 0 aliphatic heterocycles. The van der Waals surface area contributed by atoms with Crippen molar-refractivity contribution in [3.63, 3.8) is 0 Å². The lowest BCUT2D eigenvalue weighted by Gasteiger charge is -2.18. The van der Waals surface area contributed by atoms with Crippen molar-refractivity contribution in [2.75, 3.05) is 0 Å². The van der Waals surface area contributed by atoms with Crippen LogP contribution < -0.4 is 5.73 Å². The fraction of sp³-hybridized carbons (Fsp3) is 0.0278. The van der Waals surface area contributed by atoms with Crippen LogP contribution >= 0.6 is 0 Å². The van der Waals surface area contributed by atoms with Gasteiger partial charge in [0.15, 0.2) is 0 Å². The largest absolute Gasteiger partial charge is 0.405 e. The van der Waals surface area contributed by atoms with Crippen LogP contribution in [0, 0.1) is 11.3 Å². The summed E-state index contributed by atoms with van der Waals surface area (Å²) < 4.78 is 0. The van der Waals surface area contributed by atoms with Crippen LogP contribution in [0.15, 0.2) is 139 Å². The monoisotopic (exact) mass is 486 g/mol. The summed E-state index contributed by atoms with van der Waals surface area (Å²) in [6, 6.07) is 43.6. The predicted molar refractivity (Wildman–Crippen MR) is 161 cm³/mol. The molecule has 0 bridgehead atoms. The fourth-order valence-corrected chi connectivity index (χ4v) is 5.42. The molecule has 2 nitrogen and oxygen atoms in total. The standard InChI is InChI=1S/C36H26N2/c37-21-20-26(24-38)15-14-25-16-17-29-23-30(19-18-28(29)22-25)36-33-12-6-4-10-31(33)35(27-8-2-1-3-9-27)32-11-5-7-13-34(32)36/h1-13,15-23H,14,37H2/b21-20-,26-15+. The van der Waals surface area contributed by atoms with Crippen molar-refractivity contribution in [1.82, 2.24) is 0 Å². The van der Waals surface area contributed by atoms with Crippen LogP contribution in [0.3, 0.4) is 0 Å². The zero-order chi connectivity index (χ0) is 25.9. The second kappa shape index (κ2) is 10.1. The van der Waals surface area contributed by atoms with Crippen LogP contribution in [0.2, 0.25) is 0 Å². The van der Waals surface area contributed by atoms with Crippen LogP contribution in [0.5, 0.6) is 0 Å². The second-order valence-electron chi connectivity index (χ2n) is 9.44. The molecule has 38 heavy (non-hydrogen) atoms. The summed E-state index contributed by atoms with van der Waals surface area (Å²) in [7, 11) is 0. The highest BCUT2D eigenvalue weighted by Crippen LogP contribution is 2.43. The van der Waals surface area contributed by atoms with Crippen molar-refractivity contribution >= 4 is 32.3 Å². The summed E-state index contributed by atoms with van der Waals surface area (Å²) in [6.45, 7) is 0. The van der Waals surface area contributed by atoms with Gasteiger partial charge in [-0.15, -0.1) is 0 Å². The molecule has 0 atom stereocenters. The molecule has 0 saturated heterocycles. The Hall–Kier alpha value is -5.13. The zero-order valence-corrected chi connectivity index (χ0v) is 20.9. The number of benzene rings is 6. The van der Waals surface area contributed by atoms with Crippen LogP contribution in [0.1, 0.15) is 5.56 Å². The lowest BCUT2D eigenvalue weighted by molar-refractivity contribution is 1.26. The first-order valence-electron chi connectivity index (χ1n) is 12.8. The van der Waals surface area contributed by atoms with Gasteiger partial charge in [0.1, 0.15) is 0 Å². The first kappa shape index (κ1) is 23.3. The molecule has 0 aliphatic carbocycles. The molecule has 0 aromatic heterocycles. The Morgan fingerprint density at radius 1 is 0.632 bits per heavy atom. The van der Waals surface area contributed by atoms with Crippen molar-refractivity contribution in [1.29, 1.82) is 5.26 Å². The molecule has 0 spiro atoms. The molecule has 0 aliphatic rings.